The SMILES string of the molecule is Cc1cccc(C)c1NC(=O)N(Cc1ccco1)CC1CCCO1. The molecular weight excluding hydrogens is 304 g/mol. The lowest BCUT2D eigenvalue weighted by Gasteiger charge is -2.25. The van der Waals surface area contributed by atoms with E-state index in [1.807, 2.05) is 44.2 Å². The molecule has 0 spiro atoms. The van der Waals surface area contributed by atoms with E-state index in [-0.39, 0.29) is 12.1 Å². The van der Waals surface area contributed by atoms with Crippen molar-refractivity contribution in [3.05, 3.63) is 53.5 Å². The van der Waals surface area contributed by atoms with Crippen LogP contribution in [0.4, 0.5) is 10.5 Å². The molecule has 1 fully saturated rings. The van der Waals surface area contributed by atoms with Gasteiger partial charge in [0.1, 0.15) is 5.76 Å². The van der Waals surface area contributed by atoms with Crippen molar-refractivity contribution in [1.29, 1.82) is 0 Å². The highest BCUT2D eigenvalue weighted by Gasteiger charge is 2.24. The molecule has 2 amide bonds. The lowest BCUT2D eigenvalue weighted by molar-refractivity contribution is 0.0803. The second-order valence-electron chi connectivity index (χ2n) is 6.29. The Morgan fingerprint density at radius 1 is 1.25 bits per heavy atom. The van der Waals surface area contributed by atoms with Crippen molar-refractivity contribution in [2.45, 2.75) is 39.3 Å². The van der Waals surface area contributed by atoms with Gasteiger partial charge >= 0.3 is 6.03 Å². The lowest BCUT2D eigenvalue weighted by atomic mass is 10.1. The van der Waals surface area contributed by atoms with Gasteiger partial charge in [-0.2, -0.15) is 0 Å². The summed E-state index contributed by atoms with van der Waals surface area (Å²) in [7, 11) is 0. The van der Waals surface area contributed by atoms with Crippen molar-refractivity contribution in [3.63, 3.8) is 0 Å². The van der Waals surface area contributed by atoms with E-state index in [0.717, 1.165) is 42.0 Å². The molecule has 0 aliphatic carbocycles. The number of anilines is 1. The van der Waals surface area contributed by atoms with Crippen LogP contribution in [0.15, 0.2) is 41.0 Å². The molecule has 0 bridgehead atoms. The van der Waals surface area contributed by atoms with E-state index in [0.29, 0.717) is 13.1 Å². The van der Waals surface area contributed by atoms with Gasteiger partial charge in [0.15, 0.2) is 0 Å². The van der Waals surface area contributed by atoms with E-state index in [2.05, 4.69) is 5.32 Å². The fourth-order valence-electron chi connectivity index (χ4n) is 3.04. The van der Waals surface area contributed by atoms with Crippen LogP contribution in [0, 0.1) is 13.8 Å². The average Bonchev–Trinajstić information content (AvgIpc) is 3.24. The first kappa shape index (κ1) is 16.6. The molecule has 1 unspecified atom stereocenters. The smallest absolute Gasteiger partial charge is 0.322 e. The summed E-state index contributed by atoms with van der Waals surface area (Å²) in [4.78, 5) is 14.6. The van der Waals surface area contributed by atoms with Gasteiger partial charge in [0.2, 0.25) is 0 Å². The maximum atomic E-state index is 12.8. The van der Waals surface area contributed by atoms with Crippen molar-refractivity contribution in [1.82, 2.24) is 4.90 Å². The van der Waals surface area contributed by atoms with Crippen LogP contribution >= 0.6 is 0 Å². The van der Waals surface area contributed by atoms with E-state index in [1.165, 1.54) is 0 Å². The van der Waals surface area contributed by atoms with E-state index < -0.39 is 0 Å². The number of nitrogens with one attached hydrogen (secondary N) is 1. The van der Waals surface area contributed by atoms with Crippen LogP contribution in [-0.4, -0.2) is 30.2 Å². The molecule has 1 N–H and O–H groups in total. The Bertz CT molecular complexity index is 656. The van der Waals surface area contributed by atoms with Gasteiger partial charge in [-0.1, -0.05) is 18.2 Å². The van der Waals surface area contributed by atoms with Crippen molar-refractivity contribution < 1.29 is 13.9 Å². The van der Waals surface area contributed by atoms with E-state index in [4.69, 9.17) is 9.15 Å². The second-order valence-corrected chi connectivity index (χ2v) is 6.29. The predicted octanol–water partition coefficient (Wildman–Crippen LogP) is 4.11. The van der Waals surface area contributed by atoms with Crippen LogP contribution in [0.25, 0.3) is 0 Å². The normalized spacial score (nSPS) is 17.0. The molecule has 0 radical (unpaired) electrons. The number of hydrogen-bond donors (Lipinski definition) is 1. The number of ether oxygens (including phenoxy) is 1. The largest absolute Gasteiger partial charge is 0.467 e. The summed E-state index contributed by atoms with van der Waals surface area (Å²) >= 11 is 0. The highest BCUT2D eigenvalue weighted by molar-refractivity contribution is 5.91. The molecule has 2 aromatic rings. The van der Waals surface area contributed by atoms with E-state index in [9.17, 15) is 4.79 Å². The molecule has 1 saturated heterocycles. The number of nitrogens with zero attached hydrogens (tertiary/aromatic N) is 1. The minimum Gasteiger partial charge on any atom is -0.467 e. The molecule has 128 valence electrons. The highest BCUT2D eigenvalue weighted by Crippen LogP contribution is 2.21. The Morgan fingerprint density at radius 3 is 2.67 bits per heavy atom. The number of furan rings is 1. The Labute approximate surface area is 142 Å². The van der Waals surface area contributed by atoms with Crippen LogP contribution in [0.3, 0.4) is 0 Å². The standard InChI is InChI=1S/C19H24N2O3/c1-14-6-3-7-15(2)18(14)20-19(22)21(12-16-8-4-10-23-16)13-17-9-5-11-24-17/h3-4,6-8,10,17H,5,9,11-13H2,1-2H3,(H,20,22). The van der Waals surface area contributed by atoms with Gasteiger partial charge < -0.3 is 19.4 Å². The predicted molar refractivity (Wildman–Crippen MR) is 93.0 cm³/mol. The van der Waals surface area contributed by atoms with Gasteiger partial charge in [0, 0.05) is 18.8 Å². The first-order valence-electron chi connectivity index (χ1n) is 8.39. The quantitative estimate of drug-likeness (QED) is 0.898. The Balaban J connectivity index is 1.74. The third-order valence-electron chi connectivity index (χ3n) is 4.38. The van der Waals surface area contributed by atoms with Crippen LogP contribution in [0.5, 0.6) is 0 Å². The number of benzene rings is 1. The van der Waals surface area contributed by atoms with E-state index >= 15 is 0 Å². The zero-order chi connectivity index (χ0) is 16.9. The van der Waals surface area contributed by atoms with Crippen molar-refractivity contribution in [2.75, 3.05) is 18.5 Å². The fourth-order valence-corrected chi connectivity index (χ4v) is 3.04. The highest BCUT2D eigenvalue weighted by atomic mass is 16.5. The number of amides is 2. The number of urea groups is 1. The molecule has 1 atom stereocenters. The molecule has 1 aromatic heterocycles. The number of carbonyl (C=O) groups is 1. The summed E-state index contributed by atoms with van der Waals surface area (Å²) in [5, 5.41) is 3.05. The van der Waals surface area contributed by atoms with Crippen LogP contribution in [-0.2, 0) is 11.3 Å². The first-order chi connectivity index (χ1) is 11.6. The van der Waals surface area contributed by atoms with Gasteiger partial charge in [0.05, 0.1) is 18.9 Å². The maximum Gasteiger partial charge on any atom is 0.322 e. The summed E-state index contributed by atoms with van der Waals surface area (Å²) in [5.74, 6) is 0.768. The van der Waals surface area contributed by atoms with Gasteiger partial charge in [0.25, 0.3) is 0 Å². The molecule has 1 aliphatic heterocycles. The minimum atomic E-state index is -0.126. The van der Waals surface area contributed by atoms with Gasteiger partial charge in [-0.15, -0.1) is 0 Å². The Morgan fingerprint density at radius 2 is 2.04 bits per heavy atom. The topological polar surface area (TPSA) is 54.7 Å². The van der Waals surface area contributed by atoms with Gasteiger partial charge in [-0.3, -0.25) is 0 Å². The Hall–Kier alpha value is -2.27. The van der Waals surface area contributed by atoms with E-state index in [1.54, 1.807) is 11.2 Å². The van der Waals surface area contributed by atoms with Gasteiger partial charge in [-0.25, -0.2) is 4.79 Å². The number of aryl methyl sites for hydroxylation is 2. The molecule has 5 heteroatoms. The first-order valence-corrected chi connectivity index (χ1v) is 8.39. The monoisotopic (exact) mass is 328 g/mol. The minimum absolute atomic E-state index is 0.101. The summed E-state index contributed by atoms with van der Waals surface area (Å²) in [6, 6.07) is 9.59. The third kappa shape index (κ3) is 3.97. The molecule has 2 heterocycles. The van der Waals surface area contributed by atoms with Crippen LogP contribution in [0.2, 0.25) is 0 Å². The van der Waals surface area contributed by atoms with Crippen molar-refractivity contribution >= 4 is 11.7 Å². The molecule has 0 saturated carbocycles. The zero-order valence-electron chi connectivity index (χ0n) is 14.2. The maximum absolute atomic E-state index is 12.8. The molecule has 1 aromatic carbocycles. The van der Waals surface area contributed by atoms with Crippen LogP contribution < -0.4 is 5.32 Å². The average molecular weight is 328 g/mol. The van der Waals surface area contributed by atoms with Crippen molar-refractivity contribution in [3.8, 4) is 0 Å². The number of para-hydroxylation sites is 1. The molecule has 24 heavy (non-hydrogen) atoms. The number of hydrogen-bond acceptors (Lipinski definition) is 3. The molecule has 1 aliphatic rings. The lowest BCUT2D eigenvalue weighted by Crippen LogP contribution is -2.39. The number of carbonyl (C=O) groups excluding carboxylic acids is 1. The van der Waals surface area contributed by atoms with Gasteiger partial charge in [-0.05, 0) is 49.9 Å². The molecule has 3 rings (SSSR count). The summed E-state index contributed by atoms with van der Waals surface area (Å²) in [6.45, 7) is 5.78. The Kier molecular flexibility index (Phi) is 5.20. The number of rotatable bonds is 5. The fraction of sp³-hybridized carbons (Fsp3) is 0.421. The summed E-state index contributed by atoms with van der Waals surface area (Å²) in [5.41, 5.74) is 2.98. The van der Waals surface area contributed by atoms with Crippen molar-refractivity contribution in [2.24, 2.45) is 0 Å². The third-order valence-corrected chi connectivity index (χ3v) is 4.38. The van der Waals surface area contributed by atoms with Crippen LogP contribution in [0.1, 0.15) is 29.7 Å². The summed E-state index contributed by atoms with van der Waals surface area (Å²) in [6.07, 6.45) is 3.77. The molecule has 5 nitrogen and oxygen atoms in total. The second kappa shape index (κ2) is 7.53. The zero-order valence-corrected chi connectivity index (χ0v) is 14.2. The molecular formula is C19H24N2O3. The summed E-state index contributed by atoms with van der Waals surface area (Å²) < 4.78 is 11.1.